The lowest BCUT2D eigenvalue weighted by Gasteiger charge is -2.12. The van der Waals surface area contributed by atoms with Crippen molar-refractivity contribution in [1.29, 1.82) is 0 Å². The second kappa shape index (κ2) is 6.11. The maximum atomic E-state index is 11.8. The summed E-state index contributed by atoms with van der Waals surface area (Å²) in [5.41, 5.74) is 6.58. The van der Waals surface area contributed by atoms with Gasteiger partial charge >= 0.3 is 0 Å². The topological polar surface area (TPSA) is 56.0 Å². The van der Waals surface area contributed by atoms with Crippen LogP contribution in [0.25, 0.3) is 0 Å². The molecule has 0 aliphatic heterocycles. The molecule has 0 saturated heterocycles. The smallest absolute Gasteiger partial charge is 0.155 e. The van der Waals surface area contributed by atoms with Crippen molar-refractivity contribution in [2.75, 3.05) is 0 Å². The summed E-state index contributed by atoms with van der Waals surface area (Å²) < 4.78 is 0.912. The number of pyridine rings is 1. The quantitative estimate of drug-likeness (QED) is 0.903. The zero-order valence-electron chi connectivity index (χ0n) is 9.61. The van der Waals surface area contributed by atoms with Crippen molar-refractivity contribution in [3.63, 3.8) is 0 Å². The Labute approximate surface area is 105 Å². The minimum absolute atomic E-state index is 0.0588. The van der Waals surface area contributed by atoms with Crippen molar-refractivity contribution in [1.82, 2.24) is 4.98 Å². The zero-order chi connectivity index (χ0) is 12.1. The molecular weight excluding hydrogens is 268 g/mol. The summed E-state index contributed by atoms with van der Waals surface area (Å²) in [6, 6.07) is 3.35. The van der Waals surface area contributed by atoms with Crippen molar-refractivity contribution in [2.45, 2.75) is 32.7 Å². The van der Waals surface area contributed by atoms with E-state index in [1.165, 1.54) is 0 Å². The molecule has 1 unspecified atom stereocenters. The van der Waals surface area contributed by atoms with Crippen molar-refractivity contribution in [2.24, 2.45) is 11.7 Å². The highest BCUT2D eigenvalue weighted by Gasteiger charge is 2.15. The standard InChI is InChI=1S/C12H17BrN2O/c1-8(2)5-11(14)12(16)6-10-4-3-9(13)7-15-10/h3-4,7-8,11H,5-6,14H2,1-2H3. The number of ketones is 1. The molecule has 88 valence electrons. The van der Waals surface area contributed by atoms with Crippen LogP contribution in [0.2, 0.25) is 0 Å². The number of nitrogens with zero attached hydrogens (tertiary/aromatic N) is 1. The minimum Gasteiger partial charge on any atom is -0.321 e. The summed E-state index contributed by atoms with van der Waals surface area (Å²) in [5, 5.41) is 0. The predicted octanol–water partition coefficient (Wildman–Crippen LogP) is 2.33. The molecule has 1 heterocycles. The molecule has 16 heavy (non-hydrogen) atoms. The number of hydrogen-bond acceptors (Lipinski definition) is 3. The number of carbonyl (C=O) groups excluding carboxylic acids is 1. The first-order valence-electron chi connectivity index (χ1n) is 5.37. The Morgan fingerprint density at radius 2 is 2.19 bits per heavy atom. The summed E-state index contributed by atoms with van der Waals surface area (Å²) in [4.78, 5) is 15.9. The number of halogens is 1. The summed E-state index contributed by atoms with van der Waals surface area (Å²) >= 11 is 3.30. The molecule has 0 radical (unpaired) electrons. The zero-order valence-corrected chi connectivity index (χ0v) is 11.2. The second-order valence-corrected chi connectivity index (χ2v) is 5.26. The van der Waals surface area contributed by atoms with Gasteiger partial charge in [-0.15, -0.1) is 0 Å². The molecule has 0 fully saturated rings. The van der Waals surface area contributed by atoms with Crippen LogP contribution in [0.1, 0.15) is 26.0 Å². The van der Waals surface area contributed by atoms with E-state index < -0.39 is 0 Å². The first-order chi connectivity index (χ1) is 7.49. The van der Waals surface area contributed by atoms with E-state index in [-0.39, 0.29) is 11.8 Å². The van der Waals surface area contributed by atoms with Gasteiger partial charge in [0.05, 0.1) is 12.5 Å². The van der Waals surface area contributed by atoms with E-state index in [0.717, 1.165) is 16.6 Å². The molecule has 4 heteroatoms. The third-order valence-electron chi connectivity index (χ3n) is 2.28. The molecular formula is C12H17BrN2O. The molecule has 2 N–H and O–H groups in total. The summed E-state index contributed by atoms with van der Waals surface area (Å²) in [5.74, 6) is 0.500. The Bertz CT molecular complexity index is 349. The molecule has 1 rings (SSSR count). The molecule has 0 saturated carbocycles. The maximum absolute atomic E-state index is 11.8. The fourth-order valence-corrected chi connectivity index (χ4v) is 1.69. The van der Waals surface area contributed by atoms with Crippen LogP contribution >= 0.6 is 15.9 Å². The first-order valence-corrected chi connectivity index (χ1v) is 6.17. The van der Waals surface area contributed by atoms with Gasteiger partial charge in [-0.1, -0.05) is 13.8 Å². The molecule has 0 aliphatic rings. The second-order valence-electron chi connectivity index (χ2n) is 4.35. The summed E-state index contributed by atoms with van der Waals surface area (Å²) in [6.45, 7) is 4.12. The Balaban J connectivity index is 2.54. The van der Waals surface area contributed by atoms with Crippen LogP contribution in [0, 0.1) is 5.92 Å². The third kappa shape index (κ3) is 4.41. The fraction of sp³-hybridized carbons (Fsp3) is 0.500. The van der Waals surface area contributed by atoms with Crippen LogP contribution < -0.4 is 5.73 Å². The largest absolute Gasteiger partial charge is 0.321 e. The third-order valence-corrected chi connectivity index (χ3v) is 2.75. The SMILES string of the molecule is CC(C)CC(N)C(=O)Cc1ccc(Br)cn1. The highest BCUT2D eigenvalue weighted by atomic mass is 79.9. The van der Waals surface area contributed by atoms with Gasteiger partial charge in [0.2, 0.25) is 0 Å². The van der Waals surface area contributed by atoms with Gasteiger partial charge in [-0.3, -0.25) is 9.78 Å². The van der Waals surface area contributed by atoms with E-state index in [1.54, 1.807) is 6.20 Å². The van der Waals surface area contributed by atoms with Gasteiger partial charge in [0.1, 0.15) is 0 Å². The minimum atomic E-state index is -0.370. The van der Waals surface area contributed by atoms with E-state index >= 15 is 0 Å². The molecule has 1 aromatic heterocycles. The normalized spacial score (nSPS) is 12.8. The molecule has 0 amide bonds. The monoisotopic (exact) mass is 284 g/mol. The molecule has 0 aromatic carbocycles. The van der Waals surface area contributed by atoms with E-state index in [9.17, 15) is 4.79 Å². The van der Waals surface area contributed by atoms with Gasteiger partial charge in [0.25, 0.3) is 0 Å². The maximum Gasteiger partial charge on any atom is 0.155 e. The van der Waals surface area contributed by atoms with Gasteiger partial charge in [-0.05, 0) is 40.4 Å². The summed E-state index contributed by atoms with van der Waals surface area (Å²) in [7, 11) is 0. The number of carbonyl (C=O) groups is 1. The molecule has 3 nitrogen and oxygen atoms in total. The number of rotatable bonds is 5. The Morgan fingerprint density at radius 3 is 2.69 bits per heavy atom. The van der Waals surface area contributed by atoms with Crippen molar-refractivity contribution in [3.05, 3.63) is 28.5 Å². The van der Waals surface area contributed by atoms with E-state index in [2.05, 4.69) is 34.8 Å². The lowest BCUT2D eigenvalue weighted by molar-refractivity contribution is -0.120. The lowest BCUT2D eigenvalue weighted by Crippen LogP contribution is -2.33. The van der Waals surface area contributed by atoms with E-state index in [0.29, 0.717) is 12.3 Å². The number of hydrogen-bond donors (Lipinski definition) is 1. The highest BCUT2D eigenvalue weighted by Crippen LogP contribution is 2.10. The van der Waals surface area contributed by atoms with Crippen molar-refractivity contribution in [3.8, 4) is 0 Å². The van der Waals surface area contributed by atoms with E-state index in [1.807, 2.05) is 12.1 Å². The fourth-order valence-electron chi connectivity index (χ4n) is 1.46. The predicted molar refractivity (Wildman–Crippen MR) is 68.1 cm³/mol. The Hall–Kier alpha value is -0.740. The first kappa shape index (κ1) is 13.3. The van der Waals surface area contributed by atoms with Gasteiger partial charge < -0.3 is 5.73 Å². The molecule has 1 atom stereocenters. The van der Waals surface area contributed by atoms with Gasteiger partial charge in [-0.2, -0.15) is 0 Å². The average Bonchev–Trinajstić information content (AvgIpc) is 2.20. The molecule has 0 bridgehead atoms. The van der Waals surface area contributed by atoms with Crippen LogP contribution in [0.3, 0.4) is 0 Å². The highest BCUT2D eigenvalue weighted by molar-refractivity contribution is 9.10. The molecule has 0 spiro atoms. The molecule has 1 aromatic rings. The van der Waals surface area contributed by atoms with Gasteiger partial charge in [-0.25, -0.2) is 0 Å². The number of Topliss-reactive ketones (excluding diaryl/α,β-unsaturated/α-hetero) is 1. The summed E-state index contributed by atoms with van der Waals surface area (Å²) in [6.07, 6.45) is 2.74. The van der Waals surface area contributed by atoms with E-state index in [4.69, 9.17) is 5.73 Å². The lowest BCUT2D eigenvalue weighted by atomic mass is 9.98. The molecule has 0 aliphatic carbocycles. The van der Waals surface area contributed by atoms with Gasteiger partial charge in [0, 0.05) is 16.4 Å². The number of aromatic nitrogens is 1. The van der Waals surface area contributed by atoms with Crippen molar-refractivity contribution < 1.29 is 4.79 Å². The Morgan fingerprint density at radius 1 is 1.50 bits per heavy atom. The van der Waals surface area contributed by atoms with Gasteiger partial charge in [0.15, 0.2) is 5.78 Å². The Kier molecular flexibility index (Phi) is 5.09. The number of nitrogens with two attached hydrogens (primary N) is 1. The van der Waals surface area contributed by atoms with Crippen LogP contribution in [-0.2, 0) is 11.2 Å². The van der Waals surface area contributed by atoms with Crippen LogP contribution in [-0.4, -0.2) is 16.8 Å². The van der Waals surface area contributed by atoms with Crippen LogP contribution in [0.15, 0.2) is 22.8 Å². The van der Waals surface area contributed by atoms with Crippen molar-refractivity contribution >= 4 is 21.7 Å². The van der Waals surface area contributed by atoms with Crippen LogP contribution in [0.5, 0.6) is 0 Å². The average molecular weight is 285 g/mol. The van der Waals surface area contributed by atoms with Crippen LogP contribution in [0.4, 0.5) is 0 Å².